The van der Waals surface area contributed by atoms with Gasteiger partial charge in [0.25, 0.3) is 0 Å². The molecule has 3 heteroatoms. The summed E-state index contributed by atoms with van der Waals surface area (Å²) in [6, 6.07) is 3.67. The molecule has 0 fully saturated rings. The molecule has 1 aromatic heterocycles. The van der Waals surface area contributed by atoms with Crippen LogP contribution in [0.15, 0.2) is 72.1 Å². The lowest BCUT2D eigenvalue weighted by Crippen LogP contribution is -1.86. The second kappa shape index (κ2) is 8.53. The van der Waals surface area contributed by atoms with Gasteiger partial charge in [0.05, 0.1) is 0 Å². The molecule has 3 nitrogen and oxygen atoms in total. The van der Waals surface area contributed by atoms with E-state index in [2.05, 4.69) is 16.6 Å². The van der Waals surface area contributed by atoms with Gasteiger partial charge in [-0.2, -0.15) is 0 Å². The molecule has 0 aliphatic carbocycles. The third-order valence-corrected chi connectivity index (χ3v) is 2.24. The molecule has 0 bridgehead atoms. The molecule has 0 spiro atoms. The van der Waals surface area contributed by atoms with Crippen LogP contribution in [0.2, 0.25) is 0 Å². The summed E-state index contributed by atoms with van der Waals surface area (Å²) in [6.07, 6.45) is 14.9. The Balaban J connectivity index is 2.65. The van der Waals surface area contributed by atoms with Gasteiger partial charge in [-0.15, -0.1) is 0 Å². The Kier molecular flexibility index (Phi) is 6.51. The highest BCUT2D eigenvalue weighted by atomic mass is 16.1. The van der Waals surface area contributed by atoms with Gasteiger partial charge in [0.2, 0.25) is 0 Å². The molecule has 1 heterocycles. The second-order valence-electron chi connectivity index (χ2n) is 3.63. The highest BCUT2D eigenvalue weighted by Gasteiger charge is 1.90. The number of ketones is 1. The maximum atomic E-state index is 11.6. The fourth-order valence-corrected chi connectivity index (χ4v) is 1.24. The molecular formula is C16H16N2O. The normalized spacial score (nSPS) is 12.6. The lowest BCUT2D eigenvalue weighted by Gasteiger charge is -1.91. The number of allylic oxidation sites excluding steroid dienone is 6. The first-order chi connectivity index (χ1) is 9.26. The summed E-state index contributed by atoms with van der Waals surface area (Å²) >= 11 is 0. The van der Waals surface area contributed by atoms with Crippen LogP contribution in [0.5, 0.6) is 0 Å². The van der Waals surface area contributed by atoms with E-state index in [-0.39, 0.29) is 5.78 Å². The first-order valence-corrected chi connectivity index (χ1v) is 5.81. The van der Waals surface area contributed by atoms with Gasteiger partial charge in [-0.3, -0.25) is 14.8 Å². The third kappa shape index (κ3) is 6.07. The van der Waals surface area contributed by atoms with E-state index in [9.17, 15) is 4.79 Å². The Labute approximate surface area is 113 Å². The van der Waals surface area contributed by atoms with E-state index in [0.717, 1.165) is 11.1 Å². The molecule has 0 aliphatic heterocycles. The summed E-state index contributed by atoms with van der Waals surface area (Å²) in [5.41, 5.74) is 1.77. The zero-order valence-electron chi connectivity index (χ0n) is 10.9. The van der Waals surface area contributed by atoms with Crippen molar-refractivity contribution >= 4 is 18.1 Å². The minimum atomic E-state index is -0.0852. The monoisotopic (exact) mass is 252 g/mol. The average Bonchev–Trinajstić information content (AvgIpc) is 2.46. The number of rotatable bonds is 6. The largest absolute Gasteiger partial charge is 0.296 e. The van der Waals surface area contributed by atoms with Crippen LogP contribution in [0.3, 0.4) is 0 Å². The summed E-state index contributed by atoms with van der Waals surface area (Å²) < 4.78 is 0. The third-order valence-electron chi connectivity index (χ3n) is 2.24. The van der Waals surface area contributed by atoms with Crippen LogP contribution in [-0.2, 0) is 4.79 Å². The number of aliphatic imine (C=N–C) groups is 1. The molecule has 0 radical (unpaired) electrons. The summed E-state index contributed by atoms with van der Waals surface area (Å²) in [5.74, 6) is -0.0852. The lowest BCUT2D eigenvalue weighted by molar-refractivity contribution is -0.110. The molecule has 0 unspecified atom stereocenters. The predicted molar refractivity (Wildman–Crippen MR) is 80.1 cm³/mol. The van der Waals surface area contributed by atoms with Gasteiger partial charge in [-0.25, -0.2) is 0 Å². The van der Waals surface area contributed by atoms with E-state index in [1.165, 1.54) is 12.2 Å². The van der Waals surface area contributed by atoms with Gasteiger partial charge >= 0.3 is 0 Å². The molecule has 96 valence electrons. The van der Waals surface area contributed by atoms with Crippen molar-refractivity contribution in [1.29, 1.82) is 0 Å². The molecule has 0 N–H and O–H groups in total. The Hall–Kier alpha value is -2.55. The van der Waals surface area contributed by atoms with Crippen molar-refractivity contribution in [3.63, 3.8) is 0 Å². The highest BCUT2D eigenvalue weighted by Crippen LogP contribution is 2.01. The zero-order chi connectivity index (χ0) is 13.9. The van der Waals surface area contributed by atoms with Crippen molar-refractivity contribution in [2.45, 2.75) is 0 Å². The number of aromatic nitrogens is 1. The molecule has 1 aromatic rings. The number of nitrogens with zero attached hydrogens (tertiary/aromatic N) is 2. The van der Waals surface area contributed by atoms with Crippen LogP contribution in [0.1, 0.15) is 5.56 Å². The molecule has 0 saturated carbocycles. The van der Waals surface area contributed by atoms with Gasteiger partial charge < -0.3 is 0 Å². The first kappa shape index (κ1) is 14.5. The summed E-state index contributed by atoms with van der Waals surface area (Å²) in [7, 11) is 1.68. The fraction of sp³-hybridized carbons (Fsp3) is 0.0625. The summed E-state index contributed by atoms with van der Waals surface area (Å²) in [4.78, 5) is 19.4. The molecular weight excluding hydrogens is 236 g/mol. The van der Waals surface area contributed by atoms with Crippen LogP contribution < -0.4 is 0 Å². The first-order valence-electron chi connectivity index (χ1n) is 5.81. The van der Waals surface area contributed by atoms with Crippen LogP contribution in [-0.4, -0.2) is 24.0 Å². The molecule has 0 amide bonds. The number of carbonyl (C=O) groups excluding carboxylic acids is 1. The molecule has 0 saturated heterocycles. The molecule has 1 rings (SSSR count). The van der Waals surface area contributed by atoms with Gasteiger partial charge in [0.1, 0.15) is 0 Å². The van der Waals surface area contributed by atoms with Crippen LogP contribution in [0.25, 0.3) is 6.08 Å². The topological polar surface area (TPSA) is 42.3 Å². The summed E-state index contributed by atoms with van der Waals surface area (Å²) in [6.45, 7) is 3.67. The smallest absolute Gasteiger partial charge is 0.178 e. The van der Waals surface area contributed by atoms with Gasteiger partial charge in [0.15, 0.2) is 5.78 Å². The fourth-order valence-electron chi connectivity index (χ4n) is 1.24. The van der Waals surface area contributed by atoms with E-state index < -0.39 is 0 Å². The SMILES string of the molecule is C=CC(/C=C/C(=O)/C=C/c1ccncc1)=C\C=N/C. The Morgan fingerprint density at radius 2 is 2.00 bits per heavy atom. The van der Waals surface area contributed by atoms with E-state index in [1.807, 2.05) is 12.1 Å². The van der Waals surface area contributed by atoms with E-state index >= 15 is 0 Å². The minimum absolute atomic E-state index is 0.0852. The van der Waals surface area contributed by atoms with Crippen LogP contribution >= 0.6 is 0 Å². The van der Waals surface area contributed by atoms with E-state index in [4.69, 9.17) is 0 Å². The van der Waals surface area contributed by atoms with E-state index in [1.54, 1.807) is 50.0 Å². The zero-order valence-corrected chi connectivity index (χ0v) is 10.9. The lowest BCUT2D eigenvalue weighted by atomic mass is 10.2. The Morgan fingerprint density at radius 3 is 2.63 bits per heavy atom. The van der Waals surface area contributed by atoms with Crippen molar-refractivity contribution in [3.05, 3.63) is 72.6 Å². The van der Waals surface area contributed by atoms with Crippen molar-refractivity contribution in [1.82, 2.24) is 4.98 Å². The van der Waals surface area contributed by atoms with Gasteiger partial charge in [-0.05, 0) is 41.5 Å². The number of hydrogen-bond acceptors (Lipinski definition) is 3. The molecule has 0 atom stereocenters. The number of carbonyl (C=O) groups is 1. The predicted octanol–water partition coefficient (Wildman–Crippen LogP) is 3.03. The standard InChI is InChI=1S/C16H16N2O/c1-3-14(8-11-17-2)4-6-16(19)7-5-15-9-12-18-13-10-15/h3-13H,1H2,2H3/b6-4+,7-5+,14-8+,17-11-. The number of hydrogen-bond donors (Lipinski definition) is 0. The van der Waals surface area contributed by atoms with Crippen molar-refractivity contribution in [2.75, 3.05) is 7.05 Å². The quantitative estimate of drug-likeness (QED) is 0.443. The van der Waals surface area contributed by atoms with Crippen molar-refractivity contribution < 1.29 is 4.79 Å². The van der Waals surface area contributed by atoms with Gasteiger partial charge in [-0.1, -0.05) is 24.8 Å². The minimum Gasteiger partial charge on any atom is -0.296 e. The summed E-state index contributed by atoms with van der Waals surface area (Å²) in [5, 5.41) is 0. The van der Waals surface area contributed by atoms with Crippen LogP contribution in [0, 0.1) is 0 Å². The maximum absolute atomic E-state index is 11.6. The average molecular weight is 252 g/mol. The van der Waals surface area contributed by atoms with Gasteiger partial charge in [0, 0.05) is 25.7 Å². The van der Waals surface area contributed by atoms with Crippen molar-refractivity contribution in [3.8, 4) is 0 Å². The molecule has 0 aromatic carbocycles. The highest BCUT2D eigenvalue weighted by molar-refractivity contribution is 6.02. The molecule has 19 heavy (non-hydrogen) atoms. The number of pyridine rings is 1. The van der Waals surface area contributed by atoms with Crippen molar-refractivity contribution in [2.24, 2.45) is 4.99 Å². The second-order valence-corrected chi connectivity index (χ2v) is 3.63. The Bertz CT molecular complexity index is 537. The van der Waals surface area contributed by atoms with Crippen LogP contribution in [0.4, 0.5) is 0 Å². The van der Waals surface area contributed by atoms with E-state index in [0.29, 0.717) is 0 Å². The maximum Gasteiger partial charge on any atom is 0.178 e. The molecule has 0 aliphatic rings. The Morgan fingerprint density at radius 1 is 1.26 bits per heavy atom.